The molecular formula is C10H15ClN4. The van der Waals surface area contributed by atoms with Crippen molar-refractivity contribution in [1.29, 1.82) is 0 Å². The summed E-state index contributed by atoms with van der Waals surface area (Å²) in [5.41, 5.74) is 5.57. The van der Waals surface area contributed by atoms with Crippen LogP contribution < -0.4 is 10.6 Å². The molecule has 4 nitrogen and oxygen atoms in total. The van der Waals surface area contributed by atoms with Gasteiger partial charge in [0.15, 0.2) is 0 Å². The molecule has 1 aliphatic rings. The quantitative estimate of drug-likeness (QED) is 0.744. The summed E-state index contributed by atoms with van der Waals surface area (Å²) in [6.45, 7) is 4.29. The highest BCUT2D eigenvalue weighted by atomic mass is 35.5. The van der Waals surface area contributed by atoms with Crippen molar-refractivity contribution in [3.8, 4) is 0 Å². The number of nitrogens with two attached hydrogens (primary N) is 1. The fraction of sp³-hybridized carbons (Fsp3) is 0.600. The Hall–Kier alpha value is -1.03. The fourth-order valence-corrected chi connectivity index (χ4v) is 2.17. The summed E-state index contributed by atoms with van der Waals surface area (Å²) in [4.78, 5) is 10.3. The summed E-state index contributed by atoms with van der Waals surface area (Å²) in [7, 11) is 0. The highest BCUT2D eigenvalue weighted by molar-refractivity contribution is 6.29. The first kappa shape index (κ1) is 10.5. The zero-order valence-electron chi connectivity index (χ0n) is 8.78. The van der Waals surface area contributed by atoms with Gasteiger partial charge in [-0.05, 0) is 18.8 Å². The molecule has 0 spiro atoms. The molecule has 1 aromatic heterocycles. The van der Waals surface area contributed by atoms with Crippen molar-refractivity contribution in [1.82, 2.24) is 9.97 Å². The van der Waals surface area contributed by atoms with Gasteiger partial charge < -0.3 is 10.6 Å². The number of hydrogen-bond donors (Lipinski definition) is 1. The summed E-state index contributed by atoms with van der Waals surface area (Å²) in [5.74, 6) is 1.79. The van der Waals surface area contributed by atoms with E-state index in [1.807, 2.05) is 0 Å². The maximum absolute atomic E-state index is 5.85. The fourth-order valence-electron chi connectivity index (χ4n) is 1.98. The molecule has 0 amide bonds. The Bertz CT molecular complexity index is 335. The molecule has 15 heavy (non-hydrogen) atoms. The van der Waals surface area contributed by atoms with Crippen LogP contribution in [0, 0.1) is 5.92 Å². The molecule has 2 N–H and O–H groups in total. The highest BCUT2D eigenvalue weighted by Crippen LogP contribution is 2.23. The van der Waals surface area contributed by atoms with Crippen molar-refractivity contribution in [2.75, 3.05) is 23.7 Å². The number of piperidine rings is 1. The van der Waals surface area contributed by atoms with Gasteiger partial charge >= 0.3 is 0 Å². The molecule has 1 aromatic rings. The van der Waals surface area contributed by atoms with Gasteiger partial charge in [0.05, 0.1) is 0 Å². The van der Waals surface area contributed by atoms with Gasteiger partial charge in [0, 0.05) is 19.2 Å². The normalized spacial score (nSPS) is 21.7. The Balaban J connectivity index is 2.20. The molecule has 2 heterocycles. The lowest BCUT2D eigenvalue weighted by Crippen LogP contribution is -2.34. The lowest BCUT2D eigenvalue weighted by molar-refractivity contribution is 0.444. The third kappa shape index (κ3) is 2.50. The van der Waals surface area contributed by atoms with Gasteiger partial charge in [0.2, 0.25) is 5.95 Å². The van der Waals surface area contributed by atoms with Crippen LogP contribution in [-0.2, 0) is 0 Å². The van der Waals surface area contributed by atoms with Crippen LogP contribution in [0.4, 0.5) is 11.8 Å². The van der Waals surface area contributed by atoms with Gasteiger partial charge in [0.25, 0.3) is 0 Å². The van der Waals surface area contributed by atoms with Gasteiger partial charge in [-0.15, -0.1) is 0 Å². The predicted molar refractivity (Wildman–Crippen MR) is 62.1 cm³/mol. The number of aromatic nitrogens is 2. The number of anilines is 2. The average molecular weight is 227 g/mol. The van der Waals surface area contributed by atoms with Crippen LogP contribution in [-0.4, -0.2) is 23.1 Å². The first-order chi connectivity index (χ1) is 7.15. The Morgan fingerprint density at radius 3 is 3.00 bits per heavy atom. The number of nitrogen functional groups attached to an aromatic ring is 1. The van der Waals surface area contributed by atoms with Crippen LogP contribution in [0.1, 0.15) is 19.8 Å². The van der Waals surface area contributed by atoms with E-state index in [0.29, 0.717) is 11.1 Å². The molecule has 2 rings (SSSR count). The van der Waals surface area contributed by atoms with E-state index in [2.05, 4.69) is 21.8 Å². The summed E-state index contributed by atoms with van der Waals surface area (Å²) in [5, 5.41) is 0.413. The van der Waals surface area contributed by atoms with Crippen molar-refractivity contribution in [2.45, 2.75) is 19.8 Å². The molecule has 0 saturated carbocycles. The van der Waals surface area contributed by atoms with E-state index in [1.165, 1.54) is 12.8 Å². The van der Waals surface area contributed by atoms with Gasteiger partial charge in [-0.25, -0.2) is 4.98 Å². The molecular weight excluding hydrogens is 212 g/mol. The topological polar surface area (TPSA) is 55.0 Å². The maximum Gasteiger partial charge on any atom is 0.223 e. The first-order valence-electron chi connectivity index (χ1n) is 5.20. The smallest absolute Gasteiger partial charge is 0.223 e. The summed E-state index contributed by atoms with van der Waals surface area (Å²) >= 11 is 5.85. The Labute approximate surface area is 94.5 Å². The minimum absolute atomic E-state index is 0.246. The van der Waals surface area contributed by atoms with Crippen LogP contribution in [0.15, 0.2) is 6.07 Å². The van der Waals surface area contributed by atoms with Gasteiger partial charge in [-0.2, -0.15) is 4.98 Å². The van der Waals surface area contributed by atoms with Gasteiger partial charge in [-0.1, -0.05) is 18.5 Å². The second-order valence-electron chi connectivity index (χ2n) is 4.10. The van der Waals surface area contributed by atoms with Crippen LogP contribution >= 0.6 is 11.6 Å². The van der Waals surface area contributed by atoms with E-state index in [9.17, 15) is 0 Å². The van der Waals surface area contributed by atoms with E-state index in [0.717, 1.165) is 18.9 Å². The second kappa shape index (κ2) is 4.23. The second-order valence-corrected chi connectivity index (χ2v) is 4.49. The monoisotopic (exact) mass is 226 g/mol. The molecule has 1 saturated heterocycles. The minimum Gasteiger partial charge on any atom is -0.368 e. The van der Waals surface area contributed by atoms with Gasteiger partial charge in [-0.3, -0.25) is 0 Å². The number of rotatable bonds is 1. The van der Waals surface area contributed by atoms with Gasteiger partial charge in [0.1, 0.15) is 11.0 Å². The molecule has 1 aliphatic heterocycles. The van der Waals surface area contributed by atoms with E-state index in [4.69, 9.17) is 17.3 Å². The van der Waals surface area contributed by atoms with E-state index in [1.54, 1.807) is 6.07 Å². The molecule has 5 heteroatoms. The van der Waals surface area contributed by atoms with E-state index in [-0.39, 0.29) is 5.95 Å². The van der Waals surface area contributed by atoms with E-state index >= 15 is 0 Å². The third-order valence-electron chi connectivity index (χ3n) is 2.68. The first-order valence-corrected chi connectivity index (χ1v) is 5.58. The zero-order chi connectivity index (χ0) is 10.8. The Morgan fingerprint density at radius 1 is 1.53 bits per heavy atom. The largest absolute Gasteiger partial charge is 0.368 e. The van der Waals surface area contributed by atoms with Crippen molar-refractivity contribution < 1.29 is 0 Å². The van der Waals surface area contributed by atoms with Crippen molar-refractivity contribution in [3.05, 3.63) is 11.2 Å². The minimum atomic E-state index is 0.246. The van der Waals surface area contributed by atoms with Crippen LogP contribution in [0.3, 0.4) is 0 Å². The third-order valence-corrected chi connectivity index (χ3v) is 2.87. The molecule has 0 radical (unpaired) electrons. The molecule has 0 aromatic carbocycles. The highest BCUT2D eigenvalue weighted by Gasteiger charge is 2.18. The molecule has 82 valence electrons. The Kier molecular flexibility index (Phi) is 2.95. The predicted octanol–water partition coefficient (Wildman–Crippen LogP) is 1.95. The standard InChI is InChI=1S/C10H15ClN4/c1-7-3-2-4-15(6-7)9-5-8(11)13-10(12)14-9/h5,7H,2-4,6H2,1H3,(H2,12,13,14)/t7-/m0/s1. The average Bonchev–Trinajstić information content (AvgIpc) is 2.16. The van der Waals surface area contributed by atoms with E-state index < -0.39 is 0 Å². The Morgan fingerprint density at radius 2 is 2.33 bits per heavy atom. The molecule has 0 unspecified atom stereocenters. The summed E-state index contributed by atoms with van der Waals surface area (Å²) in [6, 6.07) is 1.77. The van der Waals surface area contributed by atoms with Crippen molar-refractivity contribution in [3.63, 3.8) is 0 Å². The summed E-state index contributed by atoms with van der Waals surface area (Å²) < 4.78 is 0. The molecule has 1 fully saturated rings. The maximum atomic E-state index is 5.85. The van der Waals surface area contributed by atoms with Crippen LogP contribution in [0.2, 0.25) is 5.15 Å². The lowest BCUT2D eigenvalue weighted by atomic mass is 10.0. The summed E-state index contributed by atoms with van der Waals surface area (Å²) in [6.07, 6.45) is 2.48. The van der Waals surface area contributed by atoms with Crippen molar-refractivity contribution >= 4 is 23.4 Å². The van der Waals surface area contributed by atoms with Crippen LogP contribution in [0.25, 0.3) is 0 Å². The molecule has 0 bridgehead atoms. The SMILES string of the molecule is C[C@H]1CCCN(c2cc(Cl)nc(N)n2)C1. The molecule has 1 atom stereocenters. The zero-order valence-corrected chi connectivity index (χ0v) is 9.54. The van der Waals surface area contributed by atoms with Crippen LogP contribution in [0.5, 0.6) is 0 Å². The number of nitrogens with zero attached hydrogens (tertiary/aromatic N) is 3. The lowest BCUT2D eigenvalue weighted by Gasteiger charge is -2.31. The number of hydrogen-bond acceptors (Lipinski definition) is 4. The molecule has 0 aliphatic carbocycles. The number of halogens is 1. The van der Waals surface area contributed by atoms with Crippen molar-refractivity contribution in [2.24, 2.45) is 5.92 Å².